The summed E-state index contributed by atoms with van der Waals surface area (Å²) in [6, 6.07) is 10.7. The van der Waals surface area contributed by atoms with Crippen molar-refractivity contribution in [1.29, 1.82) is 0 Å². The Kier molecular flexibility index (Phi) is 3.73. The van der Waals surface area contributed by atoms with Crippen LogP contribution in [0.5, 0.6) is 5.75 Å². The zero-order valence-electron chi connectivity index (χ0n) is 11.8. The van der Waals surface area contributed by atoms with Crippen LogP contribution in [0.3, 0.4) is 0 Å². The second-order valence-electron chi connectivity index (χ2n) is 4.75. The van der Waals surface area contributed by atoms with Crippen molar-refractivity contribution in [3.05, 3.63) is 53.3 Å². The molecular formula is C16H13ClN2O3. The van der Waals surface area contributed by atoms with Crippen molar-refractivity contribution in [1.82, 2.24) is 9.38 Å². The van der Waals surface area contributed by atoms with Crippen LogP contribution >= 0.6 is 11.6 Å². The zero-order valence-corrected chi connectivity index (χ0v) is 12.5. The summed E-state index contributed by atoms with van der Waals surface area (Å²) in [5.41, 5.74) is 2.62. The Bertz CT molecular complexity index is 840. The molecular weight excluding hydrogens is 304 g/mol. The van der Waals surface area contributed by atoms with Gasteiger partial charge in [-0.15, -0.1) is 0 Å². The van der Waals surface area contributed by atoms with Crippen molar-refractivity contribution in [2.45, 2.75) is 6.42 Å². The topological polar surface area (TPSA) is 63.8 Å². The SMILES string of the molecule is COc1cccn2c(CC(=O)O)c(-c3ccc(Cl)cc3)nc12. The first-order valence-electron chi connectivity index (χ1n) is 6.62. The standard InChI is InChI=1S/C16H13ClN2O3/c1-22-13-3-2-8-19-12(9-14(20)21)15(18-16(13)19)10-4-6-11(17)7-5-10/h2-8H,9H2,1H3,(H,20,21). The maximum absolute atomic E-state index is 11.2. The molecule has 0 saturated carbocycles. The number of hydrogen-bond acceptors (Lipinski definition) is 3. The fraction of sp³-hybridized carbons (Fsp3) is 0.125. The van der Waals surface area contributed by atoms with Gasteiger partial charge in [-0.1, -0.05) is 23.7 Å². The molecule has 22 heavy (non-hydrogen) atoms. The van der Waals surface area contributed by atoms with Crippen molar-refractivity contribution in [2.75, 3.05) is 7.11 Å². The molecule has 0 bridgehead atoms. The number of carbonyl (C=O) groups is 1. The minimum absolute atomic E-state index is 0.133. The van der Waals surface area contributed by atoms with E-state index in [4.69, 9.17) is 16.3 Å². The Labute approximate surface area is 131 Å². The first-order valence-corrected chi connectivity index (χ1v) is 6.99. The number of pyridine rings is 1. The van der Waals surface area contributed by atoms with Crippen LogP contribution in [0.25, 0.3) is 16.9 Å². The molecule has 0 amide bonds. The third kappa shape index (κ3) is 2.51. The molecule has 1 aromatic carbocycles. The van der Waals surface area contributed by atoms with Gasteiger partial charge in [0.25, 0.3) is 0 Å². The van der Waals surface area contributed by atoms with Gasteiger partial charge in [0.05, 0.1) is 24.9 Å². The lowest BCUT2D eigenvalue weighted by Gasteiger charge is -2.04. The highest BCUT2D eigenvalue weighted by Gasteiger charge is 2.18. The summed E-state index contributed by atoms with van der Waals surface area (Å²) >= 11 is 5.91. The van der Waals surface area contributed by atoms with Crippen molar-refractivity contribution in [3.63, 3.8) is 0 Å². The van der Waals surface area contributed by atoms with Crippen molar-refractivity contribution in [3.8, 4) is 17.0 Å². The Morgan fingerprint density at radius 1 is 1.32 bits per heavy atom. The van der Waals surface area contributed by atoms with E-state index in [0.717, 1.165) is 5.56 Å². The van der Waals surface area contributed by atoms with Crippen LogP contribution < -0.4 is 4.74 Å². The normalized spacial score (nSPS) is 10.8. The molecule has 0 spiro atoms. The molecule has 3 rings (SSSR count). The first kappa shape index (κ1) is 14.4. The molecule has 0 aliphatic heterocycles. The molecule has 0 radical (unpaired) electrons. The maximum atomic E-state index is 11.2. The summed E-state index contributed by atoms with van der Waals surface area (Å²) in [6.07, 6.45) is 1.65. The molecule has 0 aliphatic carbocycles. The van der Waals surface area contributed by atoms with Gasteiger partial charge in [0.1, 0.15) is 0 Å². The number of benzene rings is 1. The zero-order chi connectivity index (χ0) is 15.7. The number of imidazole rings is 1. The van der Waals surface area contributed by atoms with E-state index in [1.54, 1.807) is 42.0 Å². The van der Waals surface area contributed by atoms with E-state index >= 15 is 0 Å². The number of aromatic nitrogens is 2. The van der Waals surface area contributed by atoms with Crippen molar-refractivity contribution >= 4 is 23.2 Å². The van der Waals surface area contributed by atoms with Crippen LogP contribution in [0.1, 0.15) is 5.69 Å². The minimum Gasteiger partial charge on any atom is -0.493 e. The van der Waals surface area contributed by atoms with E-state index in [-0.39, 0.29) is 6.42 Å². The van der Waals surface area contributed by atoms with E-state index in [1.807, 2.05) is 12.1 Å². The van der Waals surface area contributed by atoms with Gasteiger partial charge in [0.2, 0.25) is 0 Å². The van der Waals surface area contributed by atoms with Crippen LogP contribution in [-0.2, 0) is 11.2 Å². The quantitative estimate of drug-likeness (QED) is 0.802. The Morgan fingerprint density at radius 3 is 2.68 bits per heavy atom. The predicted molar refractivity (Wildman–Crippen MR) is 83.5 cm³/mol. The average molecular weight is 317 g/mol. The van der Waals surface area contributed by atoms with Gasteiger partial charge in [-0.2, -0.15) is 0 Å². The van der Waals surface area contributed by atoms with Crippen LogP contribution in [-0.4, -0.2) is 27.6 Å². The smallest absolute Gasteiger partial charge is 0.309 e. The Balaban J connectivity index is 2.27. The number of rotatable bonds is 4. The molecule has 0 unspecified atom stereocenters. The van der Waals surface area contributed by atoms with E-state index in [1.165, 1.54) is 0 Å². The third-order valence-electron chi connectivity index (χ3n) is 3.37. The van der Waals surface area contributed by atoms with Crippen molar-refractivity contribution in [2.24, 2.45) is 0 Å². The Morgan fingerprint density at radius 2 is 2.05 bits per heavy atom. The summed E-state index contributed by atoms with van der Waals surface area (Å²) in [4.78, 5) is 15.8. The monoisotopic (exact) mass is 316 g/mol. The van der Waals surface area contributed by atoms with E-state index in [9.17, 15) is 9.90 Å². The molecule has 6 heteroatoms. The molecule has 1 N–H and O–H groups in total. The molecule has 0 aliphatic rings. The highest BCUT2D eigenvalue weighted by atomic mass is 35.5. The van der Waals surface area contributed by atoms with E-state index < -0.39 is 5.97 Å². The highest BCUT2D eigenvalue weighted by Crippen LogP contribution is 2.29. The number of aliphatic carboxylic acids is 1. The van der Waals surface area contributed by atoms with Crippen LogP contribution in [0, 0.1) is 0 Å². The minimum atomic E-state index is -0.917. The highest BCUT2D eigenvalue weighted by molar-refractivity contribution is 6.30. The van der Waals surface area contributed by atoms with Gasteiger partial charge in [0, 0.05) is 16.8 Å². The van der Waals surface area contributed by atoms with E-state index in [2.05, 4.69) is 4.98 Å². The summed E-state index contributed by atoms with van der Waals surface area (Å²) in [5, 5.41) is 9.81. The van der Waals surface area contributed by atoms with Gasteiger partial charge in [-0.05, 0) is 24.3 Å². The molecule has 5 nitrogen and oxygen atoms in total. The molecule has 112 valence electrons. The number of methoxy groups -OCH3 is 1. The lowest BCUT2D eigenvalue weighted by atomic mass is 10.1. The summed E-state index contributed by atoms with van der Waals surface area (Å²) in [5.74, 6) is -0.325. The number of ether oxygens (including phenoxy) is 1. The van der Waals surface area contributed by atoms with Gasteiger partial charge >= 0.3 is 5.97 Å². The summed E-state index contributed by atoms with van der Waals surface area (Å²) in [6.45, 7) is 0. The van der Waals surface area contributed by atoms with Crippen LogP contribution in [0.15, 0.2) is 42.6 Å². The molecule has 0 saturated heterocycles. The lowest BCUT2D eigenvalue weighted by Crippen LogP contribution is -2.04. The maximum Gasteiger partial charge on any atom is 0.309 e. The number of fused-ring (bicyclic) bond motifs is 1. The number of nitrogens with zero attached hydrogens (tertiary/aromatic N) is 2. The summed E-state index contributed by atoms with van der Waals surface area (Å²) < 4.78 is 7.05. The number of halogens is 1. The predicted octanol–water partition coefficient (Wildman–Crippen LogP) is 3.29. The molecule has 0 atom stereocenters. The second kappa shape index (κ2) is 5.69. The van der Waals surface area contributed by atoms with Gasteiger partial charge < -0.3 is 9.84 Å². The third-order valence-corrected chi connectivity index (χ3v) is 3.62. The second-order valence-corrected chi connectivity index (χ2v) is 5.19. The number of hydrogen-bond donors (Lipinski definition) is 1. The average Bonchev–Trinajstić information content (AvgIpc) is 2.86. The van der Waals surface area contributed by atoms with E-state index in [0.29, 0.717) is 27.8 Å². The first-order chi connectivity index (χ1) is 10.6. The van der Waals surface area contributed by atoms with Crippen molar-refractivity contribution < 1.29 is 14.6 Å². The largest absolute Gasteiger partial charge is 0.493 e. The molecule has 0 fully saturated rings. The molecule has 2 heterocycles. The molecule has 2 aromatic heterocycles. The van der Waals surface area contributed by atoms with Crippen LogP contribution in [0.4, 0.5) is 0 Å². The van der Waals surface area contributed by atoms with Gasteiger partial charge in [-0.3, -0.25) is 9.20 Å². The fourth-order valence-corrected chi connectivity index (χ4v) is 2.53. The van der Waals surface area contributed by atoms with Crippen LogP contribution in [0.2, 0.25) is 5.02 Å². The van der Waals surface area contributed by atoms with Gasteiger partial charge in [-0.25, -0.2) is 4.98 Å². The number of carboxylic acids is 1. The summed E-state index contributed by atoms with van der Waals surface area (Å²) in [7, 11) is 1.56. The van der Waals surface area contributed by atoms with Gasteiger partial charge in [0.15, 0.2) is 11.4 Å². The molecule has 3 aromatic rings. The Hall–Kier alpha value is -2.53. The fourth-order valence-electron chi connectivity index (χ4n) is 2.40. The lowest BCUT2D eigenvalue weighted by molar-refractivity contribution is -0.136. The number of carboxylic acid groups (broad SMARTS) is 1.